The van der Waals surface area contributed by atoms with E-state index in [0.29, 0.717) is 13.1 Å². The highest BCUT2D eigenvalue weighted by Crippen LogP contribution is 2.23. The summed E-state index contributed by atoms with van der Waals surface area (Å²) in [6.45, 7) is 5.52. The van der Waals surface area contributed by atoms with Crippen LogP contribution in [0, 0.1) is 5.82 Å². The van der Waals surface area contributed by atoms with E-state index in [9.17, 15) is 9.18 Å². The second kappa shape index (κ2) is 8.89. The van der Waals surface area contributed by atoms with Crippen molar-refractivity contribution in [3.05, 3.63) is 65.7 Å². The van der Waals surface area contributed by atoms with E-state index in [0.717, 1.165) is 33.7 Å². The first-order chi connectivity index (χ1) is 13.5. The maximum atomic E-state index is 13.9. The van der Waals surface area contributed by atoms with Crippen LogP contribution >= 0.6 is 0 Å². The molecule has 5 nitrogen and oxygen atoms in total. The lowest BCUT2D eigenvalue weighted by Gasteiger charge is -2.19. The van der Waals surface area contributed by atoms with Gasteiger partial charge in [-0.15, -0.1) is 0 Å². The number of carbonyl (C=O) groups is 1. The van der Waals surface area contributed by atoms with Crippen LogP contribution in [0.5, 0.6) is 5.75 Å². The van der Waals surface area contributed by atoms with Gasteiger partial charge in [-0.05, 0) is 44.2 Å². The number of halogens is 1. The lowest BCUT2D eigenvalue weighted by atomic mass is 10.2. The van der Waals surface area contributed by atoms with Gasteiger partial charge in [0.2, 0.25) is 0 Å². The number of quaternary nitrogens is 1. The Bertz CT molecular complexity index is 921. The second-order valence-corrected chi connectivity index (χ2v) is 6.90. The first-order valence-electron chi connectivity index (χ1n) is 9.44. The molecule has 0 aliphatic heterocycles. The molecule has 3 aromatic rings. The van der Waals surface area contributed by atoms with Gasteiger partial charge in [-0.3, -0.25) is 4.79 Å². The average molecular weight is 385 g/mol. The molecule has 6 heteroatoms. The highest BCUT2D eigenvalue weighted by atomic mass is 19.1. The van der Waals surface area contributed by atoms with Gasteiger partial charge in [0.15, 0.2) is 18.1 Å². The largest absolute Gasteiger partial charge is 0.494 e. The number of ether oxygens (including phenoxy) is 1. The van der Waals surface area contributed by atoms with E-state index in [-0.39, 0.29) is 17.7 Å². The molecule has 148 valence electrons. The maximum absolute atomic E-state index is 13.9. The molecule has 2 N–H and O–H groups in total. The van der Waals surface area contributed by atoms with Crippen molar-refractivity contribution in [2.45, 2.75) is 26.4 Å². The van der Waals surface area contributed by atoms with Crippen LogP contribution in [0.2, 0.25) is 0 Å². The van der Waals surface area contributed by atoms with E-state index < -0.39 is 5.82 Å². The number of methoxy groups -OCH3 is 1. The van der Waals surface area contributed by atoms with Crippen LogP contribution in [0.25, 0.3) is 11.0 Å². The zero-order valence-corrected chi connectivity index (χ0v) is 16.4. The van der Waals surface area contributed by atoms with Gasteiger partial charge in [-0.25, -0.2) is 4.39 Å². The van der Waals surface area contributed by atoms with Crippen LogP contribution in [-0.2, 0) is 11.3 Å². The molecule has 1 aromatic heterocycles. The van der Waals surface area contributed by atoms with Crippen LogP contribution in [-0.4, -0.2) is 26.1 Å². The molecule has 0 aliphatic rings. The molecule has 2 aromatic carbocycles. The molecule has 0 spiro atoms. The minimum Gasteiger partial charge on any atom is -0.494 e. The van der Waals surface area contributed by atoms with Gasteiger partial charge in [-0.2, -0.15) is 0 Å². The van der Waals surface area contributed by atoms with Crippen molar-refractivity contribution in [2.24, 2.45) is 0 Å². The van der Waals surface area contributed by atoms with E-state index >= 15 is 0 Å². The number of benzene rings is 2. The summed E-state index contributed by atoms with van der Waals surface area (Å²) in [5.41, 5.74) is 1.63. The fraction of sp³-hybridized carbons (Fsp3) is 0.318. The summed E-state index contributed by atoms with van der Waals surface area (Å²) < 4.78 is 24.7. The predicted molar refractivity (Wildman–Crippen MR) is 106 cm³/mol. The number of furan rings is 1. The van der Waals surface area contributed by atoms with Gasteiger partial charge in [0.1, 0.15) is 17.9 Å². The molecule has 0 fully saturated rings. The molecule has 0 saturated heterocycles. The quantitative estimate of drug-likeness (QED) is 0.627. The number of para-hydroxylation sites is 1. The van der Waals surface area contributed by atoms with E-state index in [1.54, 1.807) is 6.07 Å². The monoisotopic (exact) mass is 385 g/mol. The Morgan fingerprint density at radius 3 is 2.71 bits per heavy atom. The van der Waals surface area contributed by atoms with Crippen LogP contribution < -0.4 is 15.0 Å². The standard InChI is InChI=1S/C22H25FN2O3/c1-4-25(13-16-9-10-20(27-3)18(23)11-16)14-22(26)24-15(2)21-12-17-7-5-6-8-19(17)28-21/h5-12,15H,4,13-14H2,1-3H3,(H,24,26)/p+1/t15-/m1/s1. The van der Waals surface area contributed by atoms with Crippen molar-refractivity contribution >= 4 is 16.9 Å². The molecule has 28 heavy (non-hydrogen) atoms. The van der Waals surface area contributed by atoms with Crippen LogP contribution in [0.3, 0.4) is 0 Å². The van der Waals surface area contributed by atoms with E-state index in [2.05, 4.69) is 5.32 Å². The summed E-state index contributed by atoms with van der Waals surface area (Å²) in [6, 6.07) is 14.4. The summed E-state index contributed by atoms with van der Waals surface area (Å²) in [4.78, 5) is 13.5. The van der Waals surface area contributed by atoms with Gasteiger partial charge >= 0.3 is 0 Å². The molecular formula is C22H26FN2O3+. The summed E-state index contributed by atoms with van der Waals surface area (Å²) in [6.07, 6.45) is 0. The summed E-state index contributed by atoms with van der Waals surface area (Å²) in [5.74, 6) is 0.487. The van der Waals surface area contributed by atoms with Crippen molar-refractivity contribution in [1.82, 2.24) is 5.32 Å². The number of fused-ring (bicyclic) bond motifs is 1. The predicted octanol–water partition coefficient (Wildman–Crippen LogP) is 2.86. The molecule has 0 saturated carbocycles. The Labute approximate surface area is 164 Å². The Balaban J connectivity index is 1.59. The topological polar surface area (TPSA) is 55.9 Å². The van der Waals surface area contributed by atoms with Crippen LogP contribution in [0.4, 0.5) is 4.39 Å². The Morgan fingerprint density at radius 1 is 1.25 bits per heavy atom. The number of likely N-dealkylation sites (N-methyl/N-ethyl adjacent to an activating group) is 1. The molecule has 0 aliphatic carbocycles. The first-order valence-corrected chi connectivity index (χ1v) is 9.44. The smallest absolute Gasteiger partial charge is 0.275 e. The third-order valence-electron chi connectivity index (χ3n) is 4.83. The molecular weight excluding hydrogens is 359 g/mol. The molecule has 1 amide bonds. The fourth-order valence-electron chi connectivity index (χ4n) is 3.23. The van der Waals surface area contributed by atoms with Gasteiger partial charge in [0, 0.05) is 10.9 Å². The highest BCUT2D eigenvalue weighted by Gasteiger charge is 2.18. The molecule has 2 atom stereocenters. The number of hydrogen-bond acceptors (Lipinski definition) is 3. The molecule has 3 rings (SSSR count). The van der Waals surface area contributed by atoms with E-state index in [1.165, 1.54) is 13.2 Å². The number of carbonyl (C=O) groups excluding carboxylic acids is 1. The molecule has 1 unspecified atom stereocenters. The van der Waals surface area contributed by atoms with E-state index in [4.69, 9.17) is 9.15 Å². The fourth-order valence-corrected chi connectivity index (χ4v) is 3.23. The molecule has 1 heterocycles. The minimum absolute atomic E-state index is 0.0706. The average Bonchev–Trinajstić information content (AvgIpc) is 3.12. The molecule has 0 bridgehead atoms. The van der Waals surface area contributed by atoms with Gasteiger partial charge in [0.25, 0.3) is 5.91 Å². The third kappa shape index (κ3) is 4.70. The highest BCUT2D eigenvalue weighted by molar-refractivity contribution is 5.79. The zero-order chi connectivity index (χ0) is 20.1. The lowest BCUT2D eigenvalue weighted by molar-refractivity contribution is -0.904. The Morgan fingerprint density at radius 2 is 2.04 bits per heavy atom. The number of rotatable bonds is 8. The van der Waals surface area contributed by atoms with Crippen molar-refractivity contribution in [3.63, 3.8) is 0 Å². The van der Waals surface area contributed by atoms with Crippen molar-refractivity contribution in [2.75, 3.05) is 20.2 Å². The minimum atomic E-state index is -0.390. The van der Waals surface area contributed by atoms with Gasteiger partial charge in [-0.1, -0.05) is 18.2 Å². The zero-order valence-electron chi connectivity index (χ0n) is 16.4. The number of nitrogens with one attached hydrogen (secondary N) is 2. The summed E-state index contributed by atoms with van der Waals surface area (Å²) in [5, 5.41) is 4.00. The van der Waals surface area contributed by atoms with Crippen molar-refractivity contribution in [1.29, 1.82) is 0 Å². The maximum Gasteiger partial charge on any atom is 0.275 e. The summed E-state index contributed by atoms with van der Waals surface area (Å²) in [7, 11) is 1.44. The normalized spacial score (nSPS) is 13.3. The van der Waals surface area contributed by atoms with E-state index in [1.807, 2.05) is 50.2 Å². The first kappa shape index (κ1) is 19.9. The SMILES string of the molecule is CC[NH+](CC(=O)N[C@H](C)c1cc2ccccc2o1)Cc1ccc(OC)c(F)c1. The van der Waals surface area contributed by atoms with Crippen LogP contribution in [0.15, 0.2) is 52.9 Å². The Hall–Kier alpha value is -2.86. The van der Waals surface area contributed by atoms with Crippen molar-refractivity contribution in [3.8, 4) is 5.75 Å². The van der Waals surface area contributed by atoms with Crippen molar-refractivity contribution < 1.29 is 23.2 Å². The van der Waals surface area contributed by atoms with Gasteiger partial charge in [0.05, 0.1) is 19.7 Å². The second-order valence-electron chi connectivity index (χ2n) is 6.90. The summed E-state index contributed by atoms with van der Waals surface area (Å²) >= 11 is 0. The number of amides is 1. The number of hydrogen-bond donors (Lipinski definition) is 2. The third-order valence-corrected chi connectivity index (χ3v) is 4.83. The van der Waals surface area contributed by atoms with Crippen LogP contribution in [0.1, 0.15) is 31.2 Å². The Kier molecular flexibility index (Phi) is 6.31. The lowest BCUT2D eigenvalue weighted by Crippen LogP contribution is -3.11. The molecule has 0 radical (unpaired) electrons. The van der Waals surface area contributed by atoms with Gasteiger partial charge < -0.3 is 19.4 Å².